The van der Waals surface area contributed by atoms with E-state index in [0.717, 1.165) is 0 Å². The first-order chi connectivity index (χ1) is 19.7. The zero-order valence-electron chi connectivity index (χ0n) is 22.5. The summed E-state index contributed by atoms with van der Waals surface area (Å²) in [7, 11) is 0. The minimum absolute atomic E-state index is 0.0960. The van der Waals surface area contributed by atoms with Crippen LogP contribution in [-0.2, 0) is 0 Å². The summed E-state index contributed by atoms with van der Waals surface area (Å²) in [5, 5.41) is 2.61. The summed E-state index contributed by atoms with van der Waals surface area (Å²) in [4.78, 5) is 2.50. The molecule has 0 bridgehead atoms. The Morgan fingerprint density at radius 1 is 0.550 bits per heavy atom. The molecule has 0 saturated carbocycles. The van der Waals surface area contributed by atoms with Crippen LogP contribution in [0.2, 0.25) is 0 Å². The lowest BCUT2D eigenvalue weighted by Crippen LogP contribution is -2.62. The molecule has 0 radical (unpaired) electrons. The Hall–Kier alpha value is -4.96. The van der Waals surface area contributed by atoms with Gasteiger partial charge in [-0.15, -0.1) is 0 Å². The van der Waals surface area contributed by atoms with E-state index >= 15 is 0 Å². The summed E-state index contributed by atoms with van der Waals surface area (Å²) in [6, 6.07) is 44.4. The molecule has 2 aliphatic heterocycles. The largest absolute Gasteiger partial charge is 0.319 e. The van der Waals surface area contributed by atoms with Gasteiger partial charge >= 0.3 is 0 Å². The molecule has 0 saturated heterocycles. The van der Waals surface area contributed by atoms with Gasteiger partial charge in [0.2, 0.25) is 0 Å². The molecular formula is C36H26BN3. The molecule has 3 nitrogen and oxygen atoms in total. The number of rotatable bonds is 2. The SMILES string of the molecule is Cc1c(C)n2c3c(cccc13)B1c3c(cccc3-2)N(c2ccccc2)c2c1n(-c1ccccc1)c1ccccc21. The lowest BCUT2D eigenvalue weighted by atomic mass is 9.35. The minimum Gasteiger partial charge on any atom is -0.319 e. The average Bonchev–Trinajstić information content (AvgIpc) is 3.48. The third kappa shape index (κ3) is 2.61. The molecule has 0 atom stereocenters. The van der Waals surface area contributed by atoms with E-state index in [2.05, 4.69) is 149 Å². The highest BCUT2D eigenvalue weighted by molar-refractivity contribution is 7.00. The number of benzene rings is 5. The van der Waals surface area contributed by atoms with Crippen LogP contribution >= 0.6 is 0 Å². The van der Waals surface area contributed by atoms with Crippen LogP contribution in [-0.4, -0.2) is 15.8 Å². The molecule has 40 heavy (non-hydrogen) atoms. The second-order valence-electron chi connectivity index (χ2n) is 11.0. The van der Waals surface area contributed by atoms with Crippen molar-refractivity contribution in [3.63, 3.8) is 0 Å². The fourth-order valence-corrected chi connectivity index (χ4v) is 7.41. The molecule has 4 heterocycles. The van der Waals surface area contributed by atoms with Crippen LogP contribution in [0.25, 0.3) is 33.2 Å². The van der Waals surface area contributed by atoms with Gasteiger partial charge in [0, 0.05) is 50.3 Å². The molecule has 5 aromatic carbocycles. The van der Waals surface area contributed by atoms with Gasteiger partial charge in [0.05, 0.1) is 11.2 Å². The number of hydrogen-bond acceptors (Lipinski definition) is 1. The van der Waals surface area contributed by atoms with Gasteiger partial charge in [-0.05, 0) is 72.8 Å². The number of aryl methyl sites for hydroxylation is 1. The minimum atomic E-state index is 0.0960. The van der Waals surface area contributed by atoms with Crippen molar-refractivity contribution in [1.29, 1.82) is 0 Å². The summed E-state index contributed by atoms with van der Waals surface area (Å²) in [6.07, 6.45) is 0. The van der Waals surface area contributed by atoms with Gasteiger partial charge in [0.15, 0.2) is 0 Å². The fraction of sp³-hybridized carbons (Fsp3) is 0.0556. The molecule has 4 heteroatoms. The van der Waals surface area contributed by atoms with E-state index in [1.165, 1.54) is 78.0 Å². The zero-order chi connectivity index (χ0) is 26.5. The van der Waals surface area contributed by atoms with E-state index in [1.807, 2.05) is 0 Å². The first kappa shape index (κ1) is 21.9. The molecule has 0 N–H and O–H groups in total. The van der Waals surface area contributed by atoms with Gasteiger partial charge < -0.3 is 14.0 Å². The van der Waals surface area contributed by atoms with Crippen molar-refractivity contribution in [3.05, 3.63) is 133 Å². The second-order valence-corrected chi connectivity index (χ2v) is 11.0. The molecule has 0 amide bonds. The summed E-state index contributed by atoms with van der Waals surface area (Å²) in [5.74, 6) is 0. The Morgan fingerprint density at radius 3 is 2.00 bits per heavy atom. The maximum Gasteiger partial charge on any atom is 0.273 e. The van der Waals surface area contributed by atoms with Crippen molar-refractivity contribution in [1.82, 2.24) is 9.13 Å². The Bertz CT molecular complexity index is 2140. The van der Waals surface area contributed by atoms with Gasteiger partial charge in [-0.1, -0.05) is 78.9 Å². The van der Waals surface area contributed by atoms with Crippen LogP contribution in [0.5, 0.6) is 0 Å². The highest BCUT2D eigenvalue weighted by atomic mass is 15.2. The highest BCUT2D eigenvalue weighted by Gasteiger charge is 2.45. The number of aromatic nitrogens is 2. The van der Waals surface area contributed by atoms with Gasteiger partial charge in [-0.3, -0.25) is 0 Å². The van der Waals surface area contributed by atoms with E-state index in [4.69, 9.17) is 0 Å². The number of hydrogen-bond donors (Lipinski definition) is 0. The third-order valence-corrected chi connectivity index (χ3v) is 9.12. The number of para-hydroxylation sites is 4. The van der Waals surface area contributed by atoms with E-state index < -0.39 is 0 Å². The summed E-state index contributed by atoms with van der Waals surface area (Å²) in [6.45, 7) is 4.63. The van der Waals surface area contributed by atoms with E-state index in [1.54, 1.807) is 0 Å². The van der Waals surface area contributed by atoms with Crippen LogP contribution in [0.3, 0.4) is 0 Å². The standard InChI is InChI=1S/C36H26BN3/c1-23-24(2)38-31-21-12-22-32-33(31)37(29-19-11-18-27(23)34(29)38)36-35(39(32)25-13-5-3-6-14-25)28-17-9-10-20-30(28)40(36)26-15-7-4-8-16-26/h3-22H,1-2H3. The van der Waals surface area contributed by atoms with Gasteiger partial charge in [0.1, 0.15) is 0 Å². The predicted molar refractivity (Wildman–Crippen MR) is 169 cm³/mol. The van der Waals surface area contributed by atoms with Crippen molar-refractivity contribution < 1.29 is 0 Å². The molecule has 2 aromatic heterocycles. The monoisotopic (exact) mass is 511 g/mol. The number of fused-ring (bicyclic) bond motifs is 6. The first-order valence-electron chi connectivity index (χ1n) is 14.0. The molecule has 0 unspecified atom stereocenters. The number of nitrogens with zero attached hydrogens (tertiary/aromatic N) is 3. The fourth-order valence-electron chi connectivity index (χ4n) is 7.41. The average molecular weight is 511 g/mol. The molecule has 2 aliphatic rings. The zero-order valence-corrected chi connectivity index (χ0v) is 22.5. The van der Waals surface area contributed by atoms with E-state index in [9.17, 15) is 0 Å². The van der Waals surface area contributed by atoms with Crippen molar-refractivity contribution in [2.45, 2.75) is 13.8 Å². The molecule has 188 valence electrons. The van der Waals surface area contributed by atoms with Crippen LogP contribution in [0.1, 0.15) is 11.3 Å². The smallest absolute Gasteiger partial charge is 0.273 e. The Labute approximate surface area is 233 Å². The third-order valence-electron chi connectivity index (χ3n) is 9.12. The van der Waals surface area contributed by atoms with Crippen LogP contribution < -0.4 is 21.4 Å². The Balaban J connectivity index is 1.53. The van der Waals surface area contributed by atoms with Crippen LogP contribution in [0.4, 0.5) is 17.1 Å². The van der Waals surface area contributed by atoms with Gasteiger partial charge in [-0.2, -0.15) is 0 Å². The van der Waals surface area contributed by atoms with Crippen LogP contribution in [0, 0.1) is 13.8 Å². The molecule has 0 aliphatic carbocycles. The van der Waals surface area contributed by atoms with E-state index in [-0.39, 0.29) is 6.71 Å². The second kappa shape index (κ2) is 7.80. The van der Waals surface area contributed by atoms with Gasteiger partial charge in [-0.25, -0.2) is 0 Å². The molecule has 0 fully saturated rings. The van der Waals surface area contributed by atoms with Crippen molar-refractivity contribution >= 4 is 62.1 Å². The molecule has 0 spiro atoms. The maximum absolute atomic E-state index is 2.52. The molecule has 9 rings (SSSR count). The summed E-state index contributed by atoms with van der Waals surface area (Å²) in [5.41, 5.74) is 15.5. The van der Waals surface area contributed by atoms with Gasteiger partial charge in [0.25, 0.3) is 6.71 Å². The van der Waals surface area contributed by atoms with Crippen molar-refractivity contribution in [3.8, 4) is 11.4 Å². The maximum atomic E-state index is 2.52. The van der Waals surface area contributed by atoms with Crippen molar-refractivity contribution in [2.75, 3.05) is 4.90 Å². The summed E-state index contributed by atoms with van der Waals surface area (Å²) < 4.78 is 5.03. The lowest BCUT2D eigenvalue weighted by molar-refractivity contribution is 1.04. The Morgan fingerprint density at radius 2 is 1.20 bits per heavy atom. The number of anilines is 3. The normalized spacial score (nSPS) is 13.2. The van der Waals surface area contributed by atoms with E-state index in [0.29, 0.717) is 0 Å². The highest BCUT2D eigenvalue weighted by Crippen LogP contribution is 2.44. The summed E-state index contributed by atoms with van der Waals surface area (Å²) >= 11 is 0. The van der Waals surface area contributed by atoms with Crippen LogP contribution in [0.15, 0.2) is 121 Å². The molecular weight excluding hydrogens is 485 g/mol. The predicted octanol–water partition coefficient (Wildman–Crippen LogP) is 6.80. The van der Waals surface area contributed by atoms with Crippen molar-refractivity contribution in [2.24, 2.45) is 0 Å². The molecule has 7 aromatic rings. The lowest BCUT2D eigenvalue weighted by Gasteiger charge is -2.39. The quantitative estimate of drug-likeness (QED) is 0.233. The first-order valence-corrected chi connectivity index (χ1v) is 14.0. The Kier molecular flexibility index (Phi) is 4.27. The topological polar surface area (TPSA) is 13.1 Å².